The topological polar surface area (TPSA) is 35.5 Å². The Kier molecular flexibility index (Phi) is 6.72. The second-order valence-corrected chi connectivity index (χ2v) is 4.78. The van der Waals surface area contributed by atoms with Crippen LogP contribution >= 0.6 is 0 Å². The number of ether oxygens (including phenoxy) is 2. The third-order valence-electron chi connectivity index (χ3n) is 2.67. The van der Waals surface area contributed by atoms with Crippen molar-refractivity contribution in [3.8, 4) is 5.75 Å². The molecule has 1 aromatic carbocycles. The first-order chi connectivity index (χ1) is 9.11. The highest BCUT2D eigenvalue weighted by atomic mass is 16.5. The summed E-state index contributed by atoms with van der Waals surface area (Å²) in [5, 5.41) is 0. The lowest BCUT2D eigenvalue weighted by Gasteiger charge is -2.05. The maximum absolute atomic E-state index is 11.4. The van der Waals surface area contributed by atoms with Gasteiger partial charge in [0.25, 0.3) is 0 Å². The molecule has 3 nitrogen and oxygen atoms in total. The lowest BCUT2D eigenvalue weighted by molar-refractivity contribution is -0.142. The summed E-state index contributed by atoms with van der Waals surface area (Å²) in [5.41, 5.74) is 1.04. The van der Waals surface area contributed by atoms with Gasteiger partial charge >= 0.3 is 5.97 Å². The van der Waals surface area contributed by atoms with Crippen LogP contribution < -0.4 is 4.74 Å². The molecule has 0 atom stereocenters. The summed E-state index contributed by atoms with van der Waals surface area (Å²) >= 11 is 0. The molecule has 0 saturated carbocycles. The number of hydrogen-bond donors (Lipinski definition) is 0. The summed E-state index contributed by atoms with van der Waals surface area (Å²) in [6, 6.07) is 7.67. The fraction of sp³-hybridized carbons (Fsp3) is 0.438. The maximum Gasteiger partial charge on any atom is 0.309 e. The van der Waals surface area contributed by atoms with Crippen molar-refractivity contribution < 1.29 is 14.3 Å². The molecule has 0 radical (unpaired) electrons. The Hall–Kier alpha value is -1.77. The first-order valence-electron chi connectivity index (χ1n) is 6.58. The predicted molar refractivity (Wildman–Crippen MR) is 77.1 cm³/mol. The van der Waals surface area contributed by atoms with Crippen molar-refractivity contribution in [3.05, 3.63) is 35.9 Å². The summed E-state index contributed by atoms with van der Waals surface area (Å²) in [6.07, 6.45) is 4.95. The summed E-state index contributed by atoms with van der Waals surface area (Å²) in [7, 11) is 1.64. The van der Waals surface area contributed by atoms with E-state index in [0.29, 0.717) is 18.9 Å². The smallest absolute Gasteiger partial charge is 0.309 e. The lowest BCUT2D eigenvalue weighted by atomic mass is 10.1. The molecule has 19 heavy (non-hydrogen) atoms. The van der Waals surface area contributed by atoms with Gasteiger partial charge in [-0.15, -0.1) is 0 Å². The van der Waals surface area contributed by atoms with Crippen LogP contribution in [0.25, 0.3) is 6.08 Å². The highest BCUT2D eigenvalue weighted by molar-refractivity contribution is 5.72. The van der Waals surface area contributed by atoms with Crippen molar-refractivity contribution in [1.29, 1.82) is 0 Å². The maximum atomic E-state index is 11.4. The van der Waals surface area contributed by atoms with E-state index in [1.165, 1.54) is 0 Å². The molecule has 0 aliphatic carbocycles. The number of esters is 1. The molecule has 0 aliphatic rings. The molecule has 0 saturated heterocycles. The molecule has 0 heterocycles. The van der Waals surface area contributed by atoms with Crippen molar-refractivity contribution in [3.63, 3.8) is 0 Å². The Morgan fingerprint density at radius 2 is 1.95 bits per heavy atom. The van der Waals surface area contributed by atoms with Crippen molar-refractivity contribution in [2.75, 3.05) is 13.7 Å². The lowest BCUT2D eigenvalue weighted by Crippen LogP contribution is -2.06. The van der Waals surface area contributed by atoms with Crippen molar-refractivity contribution in [1.82, 2.24) is 0 Å². The van der Waals surface area contributed by atoms with Gasteiger partial charge in [-0.3, -0.25) is 4.79 Å². The molecule has 0 aromatic heterocycles. The van der Waals surface area contributed by atoms with Crippen LogP contribution in [0.1, 0.15) is 32.3 Å². The summed E-state index contributed by atoms with van der Waals surface area (Å²) in [4.78, 5) is 11.4. The average Bonchev–Trinajstić information content (AvgIpc) is 2.39. The quantitative estimate of drug-likeness (QED) is 0.703. The van der Waals surface area contributed by atoms with E-state index in [2.05, 4.69) is 13.8 Å². The summed E-state index contributed by atoms with van der Waals surface area (Å²) in [6.45, 7) is 4.72. The second kappa shape index (κ2) is 8.35. The molecule has 0 spiro atoms. The first kappa shape index (κ1) is 15.3. The van der Waals surface area contributed by atoms with E-state index in [9.17, 15) is 4.79 Å². The van der Waals surface area contributed by atoms with E-state index in [4.69, 9.17) is 9.47 Å². The normalized spacial score (nSPS) is 10.9. The number of carbonyl (C=O) groups excluding carboxylic acids is 1. The third kappa shape index (κ3) is 6.65. The van der Waals surface area contributed by atoms with Crippen molar-refractivity contribution in [2.45, 2.75) is 26.7 Å². The standard InChI is InChI=1S/C16H22O3/c1-13(2)11-12-19-16(17)6-4-5-14-7-9-15(18-3)10-8-14/h4-5,7-10,13H,6,11-12H2,1-3H3. The Bertz CT molecular complexity index is 405. The van der Waals surface area contributed by atoms with Gasteiger partial charge in [0.2, 0.25) is 0 Å². The zero-order valence-electron chi connectivity index (χ0n) is 11.9. The third-order valence-corrected chi connectivity index (χ3v) is 2.67. The molecule has 3 heteroatoms. The van der Waals surface area contributed by atoms with Crippen LogP contribution in [0.5, 0.6) is 5.75 Å². The van der Waals surface area contributed by atoms with Crippen LogP contribution in [-0.4, -0.2) is 19.7 Å². The first-order valence-corrected chi connectivity index (χ1v) is 6.58. The van der Waals surface area contributed by atoms with Crippen LogP contribution in [0.2, 0.25) is 0 Å². The van der Waals surface area contributed by atoms with Gasteiger partial charge < -0.3 is 9.47 Å². The Balaban J connectivity index is 2.30. The van der Waals surface area contributed by atoms with Gasteiger partial charge in [-0.2, -0.15) is 0 Å². The number of carbonyl (C=O) groups is 1. The molecule has 1 rings (SSSR count). The molecule has 0 amide bonds. The van der Waals surface area contributed by atoms with Crippen LogP contribution in [0, 0.1) is 5.92 Å². The molecule has 0 bridgehead atoms. The van der Waals surface area contributed by atoms with Crippen LogP contribution in [0.4, 0.5) is 0 Å². The molecule has 0 unspecified atom stereocenters. The van der Waals surface area contributed by atoms with Gasteiger partial charge in [0.15, 0.2) is 0 Å². The largest absolute Gasteiger partial charge is 0.497 e. The molecule has 0 fully saturated rings. The van der Waals surface area contributed by atoms with E-state index in [0.717, 1.165) is 17.7 Å². The highest BCUT2D eigenvalue weighted by Gasteiger charge is 2.00. The molecule has 0 aliphatic heterocycles. The van der Waals surface area contributed by atoms with Gasteiger partial charge in [0.1, 0.15) is 5.75 Å². The van der Waals surface area contributed by atoms with E-state index in [1.54, 1.807) is 7.11 Å². The minimum absolute atomic E-state index is 0.176. The van der Waals surface area contributed by atoms with Crippen LogP contribution in [0.3, 0.4) is 0 Å². The number of hydrogen-bond acceptors (Lipinski definition) is 3. The monoisotopic (exact) mass is 262 g/mol. The Morgan fingerprint density at radius 3 is 2.53 bits per heavy atom. The van der Waals surface area contributed by atoms with E-state index >= 15 is 0 Å². The van der Waals surface area contributed by atoms with Crippen molar-refractivity contribution >= 4 is 12.0 Å². The SMILES string of the molecule is COc1ccc(C=CCC(=O)OCCC(C)C)cc1. The fourth-order valence-electron chi connectivity index (χ4n) is 1.47. The van der Waals surface area contributed by atoms with Crippen LogP contribution in [-0.2, 0) is 9.53 Å². The van der Waals surface area contributed by atoms with Crippen LogP contribution in [0.15, 0.2) is 30.3 Å². The summed E-state index contributed by atoms with van der Waals surface area (Å²) in [5.74, 6) is 1.21. The van der Waals surface area contributed by atoms with Gasteiger partial charge in [-0.05, 0) is 30.0 Å². The zero-order chi connectivity index (χ0) is 14.1. The van der Waals surface area contributed by atoms with Gasteiger partial charge in [-0.25, -0.2) is 0 Å². The predicted octanol–water partition coefficient (Wildman–Crippen LogP) is 3.69. The van der Waals surface area contributed by atoms with Crippen molar-refractivity contribution in [2.24, 2.45) is 5.92 Å². The minimum Gasteiger partial charge on any atom is -0.497 e. The number of rotatable bonds is 7. The molecule has 0 N–H and O–H groups in total. The molecule has 104 valence electrons. The van der Waals surface area contributed by atoms with E-state index in [-0.39, 0.29) is 5.97 Å². The Labute approximate surface area is 115 Å². The molecule has 1 aromatic rings. The highest BCUT2D eigenvalue weighted by Crippen LogP contribution is 2.12. The van der Waals surface area contributed by atoms with Gasteiger partial charge in [-0.1, -0.05) is 38.1 Å². The molecular formula is C16H22O3. The second-order valence-electron chi connectivity index (χ2n) is 4.78. The summed E-state index contributed by atoms with van der Waals surface area (Å²) < 4.78 is 10.2. The van der Waals surface area contributed by atoms with Gasteiger partial charge in [0.05, 0.1) is 20.1 Å². The van der Waals surface area contributed by atoms with E-state index in [1.807, 2.05) is 36.4 Å². The van der Waals surface area contributed by atoms with E-state index < -0.39 is 0 Å². The number of benzene rings is 1. The Morgan fingerprint density at radius 1 is 1.26 bits per heavy atom. The molecular weight excluding hydrogens is 240 g/mol. The van der Waals surface area contributed by atoms with Gasteiger partial charge in [0, 0.05) is 0 Å². The average molecular weight is 262 g/mol. The fourth-order valence-corrected chi connectivity index (χ4v) is 1.47. The minimum atomic E-state index is -0.176. The zero-order valence-corrected chi connectivity index (χ0v) is 11.9. The number of methoxy groups -OCH3 is 1.